The summed E-state index contributed by atoms with van der Waals surface area (Å²) in [6.45, 7) is 0. The molecule has 1 amide bonds. The van der Waals surface area contributed by atoms with E-state index < -0.39 is 10.1 Å². The number of benzene rings is 1. The molecular weight excluding hydrogens is 300 g/mol. The first-order valence-electron chi connectivity index (χ1n) is 4.07. The van der Waals surface area contributed by atoms with Crippen molar-refractivity contribution in [1.29, 1.82) is 0 Å². The highest BCUT2D eigenvalue weighted by Gasteiger charge is 2.14. The van der Waals surface area contributed by atoms with Crippen LogP contribution in [0.2, 0.25) is 0 Å². The van der Waals surface area contributed by atoms with Gasteiger partial charge < -0.3 is 11.1 Å². The molecule has 0 aromatic heterocycles. The zero-order valence-electron chi connectivity index (χ0n) is 7.97. The van der Waals surface area contributed by atoms with Crippen molar-refractivity contribution in [2.24, 2.45) is 0 Å². The molecule has 0 bridgehead atoms. The molecule has 0 aliphatic carbocycles. The SMILES string of the molecule is Nc1cc(NC(=O)CBr)ccc1S(=O)(=O)O. The number of anilines is 2. The molecule has 0 heterocycles. The molecule has 0 aliphatic rings. The zero-order chi connectivity index (χ0) is 12.3. The first-order valence-corrected chi connectivity index (χ1v) is 6.63. The van der Waals surface area contributed by atoms with Crippen molar-refractivity contribution in [3.8, 4) is 0 Å². The van der Waals surface area contributed by atoms with Crippen molar-refractivity contribution in [2.45, 2.75) is 4.90 Å². The summed E-state index contributed by atoms with van der Waals surface area (Å²) in [6.07, 6.45) is 0. The lowest BCUT2D eigenvalue weighted by Gasteiger charge is -2.06. The number of nitrogen functional groups attached to an aromatic ring is 1. The Morgan fingerprint density at radius 3 is 2.56 bits per heavy atom. The van der Waals surface area contributed by atoms with Crippen LogP contribution in [0.15, 0.2) is 23.1 Å². The lowest BCUT2D eigenvalue weighted by molar-refractivity contribution is -0.113. The first kappa shape index (κ1) is 12.9. The molecule has 16 heavy (non-hydrogen) atoms. The van der Waals surface area contributed by atoms with E-state index in [0.29, 0.717) is 5.69 Å². The lowest BCUT2D eigenvalue weighted by Crippen LogP contribution is -2.13. The Morgan fingerprint density at radius 2 is 2.12 bits per heavy atom. The molecule has 0 saturated carbocycles. The highest BCUT2D eigenvalue weighted by molar-refractivity contribution is 9.09. The van der Waals surface area contributed by atoms with Crippen LogP contribution in [0.4, 0.5) is 11.4 Å². The highest BCUT2D eigenvalue weighted by atomic mass is 79.9. The quantitative estimate of drug-likeness (QED) is 0.435. The zero-order valence-corrected chi connectivity index (χ0v) is 10.4. The molecular formula is C8H9BrN2O4S. The van der Waals surface area contributed by atoms with E-state index in [4.69, 9.17) is 10.3 Å². The van der Waals surface area contributed by atoms with Gasteiger partial charge in [-0.25, -0.2) is 0 Å². The van der Waals surface area contributed by atoms with Crippen LogP contribution in [0.25, 0.3) is 0 Å². The van der Waals surface area contributed by atoms with Gasteiger partial charge in [0.15, 0.2) is 0 Å². The van der Waals surface area contributed by atoms with Crippen LogP contribution in [-0.2, 0) is 14.9 Å². The molecule has 0 radical (unpaired) electrons. The minimum absolute atomic E-state index is 0.118. The second-order valence-electron chi connectivity index (χ2n) is 2.91. The van der Waals surface area contributed by atoms with Crippen molar-refractivity contribution < 1.29 is 17.8 Å². The largest absolute Gasteiger partial charge is 0.398 e. The molecule has 1 aromatic carbocycles. The van der Waals surface area contributed by atoms with E-state index >= 15 is 0 Å². The minimum Gasteiger partial charge on any atom is -0.398 e. The Bertz CT molecular complexity index is 515. The fourth-order valence-corrected chi connectivity index (χ4v) is 1.79. The fourth-order valence-electron chi connectivity index (χ4n) is 1.06. The van der Waals surface area contributed by atoms with Crippen LogP contribution < -0.4 is 11.1 Å². The van der Waals surface area contributed by atoms with Gasteiger partial charge in [-0.1, -0.05) is 15.9 Å². The smallest absolute Gasteiger partial charge is 0.296 e. The molecule has 88 valence electrons. The number of halogens is 1. The van der Waals surface area contributed by atoms with Gasteiger partial charge in [0, 0.05) is 5.69 Å². The number of alkyl halides is 1. The van der Waals surface area contributed by atoms with Crippen molar-refractivity contribution in [1.82, 2.24) is 0 Å². The van der Waals surface area contributed by atoms with E-state index in [-0.39, 0.29) is 21.8 Å². The van der Waals surface area contributed by atoms with Gasteiger partial charge in [-0.05, 0) is 18.2 Å². The Morgan fingerprint density at radius 1 is 1.50 bits per heavy atom. The molecule has 8 heteroatoms. The van der Waals surface area contributed by atoms with Gasteiger partial charge >= 0.3 is 0 Å². The number of nitrogens with one attached hydrogen (secondary N) is 1. The summed E-state index contributed by atoms with van der Waals surface area (Å²) in [6, 6.07) is 3.71. The summed E-state index contributed by atoms with van der Waals surface area (Å²) in [5.74, 6) is -0.293. The number of carbonyl (C=O) groups excluding carboxylic acids is 1. The van der Waals surface area contributed by atoms with Crippen molar-refractivity contribution >= 4 is 43.3 Å². The fraction of sp³-hybridized carbons (Fsp3) is 0.125. The standard InChI is InChI=1S/C8H9BrN2O4S/c9-4-8(12)11-5-1-2-7(6(10)3-5)16(13,14)15/h1-3H,4,10H2,(H,11,12)(H,13,14,15). The molecule has 0 saturated heterocycles. The molecule has 0 aliphatic heterocycles. The third kappa shape index (κ3) is 3.19. The number of carbonyl (C=O) groups is 1. The summed E-state index contributed by atoms with van der Waals surface area (Å²) in [7, 11) is -4.33. The van der Waals surface area contributed by atoms with Crippen molar-refractivity contribution in [3.05, 3.63) is 18.2 Å². The molecule has 0 fully saturated rings. The maximum Gasteiger partial charge on any atom is 0.296 e. The van der Waals surface area contributed by atoms with Gasteiger partial charge in [0.25, 0.3) is 10.1 Å². The van der Waals surface area contributed by atoms with Crippen LogP contribution in [0.1, 0.15) is 0 Å². The summed E-state index contributed by atoms with van der Waals surface area (Å²) in [4.78, 5) is 10.6. The van der Waals surface area contributed by atoms with Crippen LogP contribution in [0.3, 0.4) is 0 Å². The monoisotopic (exact) mass is 308 g/mol. The number of hydrogen-bond donors (Lipinski definition) is 3. The Labute approximate surface area is 101 Å². The van der Waals surface area contributed by atoms with Gasteiger partial charge in [0.2, 0.25) is 5.91 Å². The maximum atomic E-state index is 11.0. The second kappa shape index (κ2) is 4.81. The summed E-state index contributed by atoms with van der Waals surface area (Å²) in [5.41, 5.74) is 5.65. The summed E-state index contributed by atoms with van der Waals surface area (Å²) < 4.78 is 30.4. The van der Waals surface area contributed by atoms with E-state index in [1.807, 2.05) is 0 Å². The Hall–Kier alpha value is -1.12. The van der Waals surface area contributed by atoms with Gasteiger partial charge in [-0.2, -0.15) is 8.42 Å². The molecule has 0 unspecified atom stereocenters. The summed E-state index contributed by atoms with van der Waals surface area (Å²) >= 11 is 2.96. The highest BCUT2D eigenvalue weighted by Crippen LogP contribution is 2.22. The molecule has 6 nitrogen and oxygen atoms in total. The number of nitrogens with two attached hydrogens (primary N) is 1. The van der Waals surface area contributed by atoms with Crippen molar-refractivity contribution in [2.75, 3.05) is 16.4 Å². The van der Waals surface area contributed by atoms with Crippen LogP contribution in [0.5, 0.6) is 0 Å². The first-order chi connectivity index (χ1) is 7.34. The topological polar surface area (TPSA) is 109 Å². The predicted molar refractivity (Wildman–Crippen MR) is 63.1 cm³/mol. The van der Waals surface area contributed by atoms with E-state index in [1.165, 1.54) is 12.1 Å². The van der Waals surface area contributed by atoms with Crippen LogP contribution in [-0.4, -0.2) is 24.2 Å². The van der Waals surface area contributed by atoms with Crippen LogP contribution >= 0.6 is 15.9 Å². The minimum atomic E-state index is -4.33. The van der Waals surface area contributed by atoms with E-state index in [2.05, 4.69) is 21.2 Å². The summed E-state index contributed by atoms with van der Waals surface area (Å²) in [5, 5.41) is 2.59. The molecule has 0 atom stereocenters. The normalized spacial score (nSPS) is 11.1. The Balaban J connectivity index is 3.05. The third-order valence-corrected chi connectivity index (χ3v) is 3.13. The van der Waals surface area contributed by atoms with Gasteiger partial charge in [0.1, 0.15) is 4.90 Å². The van der Waals surface area contributed by atoms with Crippen molar-refractivity contribution in [3.63, 3.8) is 0 Å². The van der Waals surface area contributed by atoms with E-state index in [1.54, 1.807) is 0 Å². The second-order valence-corrected chi connectivity index (χ2v) is 4.86. The molecule has 1 rings (SSSR count). The average Bonchev–Trinajstić information content (AvgIpc) is 2.15. The molecule has 4 N–H and O–H groups in total. The predicted octanol–water partition coefficient (Wildman–Crippen LogP) is 0.849. The van der Waals surface area contributed by atoms with E-state index in [9.17, 15) is 13.2 Å². The van der Waals surface area contributed by atoms with E-state index in [0.717, 1.165) is 6.07 Å². The Kier molecular flexibility index (Phi) is 3.89. The number of rotatable bonds is 3. The van der Waals surface area contributed by atoms with Crippen LogP contribution in [0, 0.1) is 0 Å². The van der Waals surface area contributed by atoms with Gasteiger partial charge in [-0.15, -0.1) is 0 Å². The number of amides is 1. The third-order valence-electron chi connectivity index (χ3n) is 1.69. The average molecular weight is 309 g/mol. The number of hydrogen-bond acceptors (Lipinski definition) is 4. The van der Waals surface area contributed by atoms with Gasteiger partial charge in [-0.3, -0.25) is 9.35 Å². The maximum absolute atomic E-state index is 11.0. The molecule has 0 spiro atoms. The van der Waals surface area contributed by atoms with Gasteiger partial charge in [0.05, 0.1) is 11.0 Å². The lowest BCUT2D eigenvalue weighted by atomic mass is 10.3. The molecule has 1 aromatic rings.